The topological polar surface area (TPSA) is 50.3 Å². The Morgan fingerprint density at radius 3 is 2.28 bits per heavy atom. The molecule has 3 rings (SSSR count). The first-order valence-electron chi connectivity index (χ1n) is 8.71. The van der Waals surface area contributed by atoms with Crippen LogP contribution in [0.25, 0.3) is 0 Å². The minimum atomic E-state index is -4.65. The first-order valence-corrected chi connectivity index (χ1v) is 8.71. The molecule has 0 aliphatic rings. The Bertz CT molecular complexity index is 960. The molecular weight excluding hydrogens is 388 g/mol. The summed E-state index contributed by atoms with van der Waals surface area (Å²) in [5, 5.41) is 2.59. The Morgan fingerprint density at radius 2 is 1.69 bits per heavy atom. The van der Waals surface area contributed by atoms with Gasteiger partial charge in [-0.3, -0.25) is 0 Å². The number of anilines is 4. The maximum atomic E-state index is 13.4. The molecule has 9 heteroatoms. The van der Waals surface area contributed by atoms with Crippen LogP contribution in [0.15, 0.2) is 54.7 Å². The molecule has 0 radical (unpaired) electrons. The molecule has 0 saturated carbocycles. The van der Waals surface area contributed by atoms with Crippen molar-refractivity contribution in [3.05, 3.63) is 66.1 Å². The second kappa shape index (κ2) is 8.34. The zero-order chi connectivity index (χ0) is 21.0. The maximum Gasteiger partial charge on any atom is 0.421 e. The quantitative estimate of drug-likeness (QED) is 0.545. The number of nitrogens with one attached hydrogen (secondary N) is 1. The van der Waals surface area contributed by atoms with Gasteiger partial charge in [0.05, 0.1) is 6.61 Å². The summed E-state index contributed by atoms with van der Waals surface area (Å²) >= 11 is 0. The van der Waals surface area contributed by atoms with E-state index >= 15 is 0 Å². The molecule has 5 nitrogen and oxygen atoms in total. The number of nitrogens with zero attached hydrogens (tertiary/aromatic N) is 3. The number of benzene rings is 2. The van der Waals surface area contributed by atoms with Crippen LogP contribution in [0.1, 0.15) is 12.5 Å². The lowest BCUT2D eigenvalue weighted by Crippen LogP contribution is -2.17. The maximum absolute atomic E-state index is 13.4. The minimum absolute atomic E-state index is 0.0618. The molecule has 1 heterocycles. The normalized spacial score (nSPS) is 11.2. The van der Waals surface area contributed by atoms with Gasteiger partial charge in [-0.25, -0.2) is 9.37 Å². The molecule has 0 aliphatic carbocycles. The highest BCUT2D eigenvalue weighted by Gasteiger charge is 2.35. The van der Waals surface area contributed by atoms with E-state index in [4.69, 9.17) is 4.74 Å². The van der Waals surface area contributed by atoms with Crippen LogP contribution in [-0.2, 0) is 6.18 Å². The monoisotopic (exact) mass is 406 g/mol. The lowest BCUT2D eigenvalue weighted by molar-refractivity contribution is -0.137. The zero-order valence-electron chi connectivity index (χ0n) is 15.7. The molecule has 0 atom stereocenters. The summed E-state index contributed by atoms with van der Waals surface area (Å²) in [5.41, 5.74) is -0.0862. The predicted molar refractivity (Wildman–Crippen MR) is 102 cm³/mol. The largest absolute Gasteiger partial charge is 0.494 e. The fourth-order valence-electron chi connectivity index (χ4n) is 2.55. The van der Waals surface area contributed by atoms with Crippen molar-refractivity contribution in [3.8, 4) is 5.75 Å². The van der Waals surface area contributed by atoms with Crippen molar-refractivity contribution in [3.63, 3.8) is 0 Å². The van der Waals surface area contributed by atoms with E-state index in [0.717, 1.165) is 18.3 Å². The zero-order valence-corrected chi connectivity index (χ0v) is 15.7. The van der Waals surface area contributed by atoms with E-state index in [-0.39, 0.29) is 11.6 Å². The number of ether oxygens (including phenoxy) is 1. The van der Waals surface area contributed by atoms with Crippen LogP contribution >= 0.6 is 0 Å². The van der Waals surface area contributed by atoms with E-state index in [1.54, 1.807) is 36.2 Å². The predicted octanol–water partition coefficient (Wildman–Crippen LogP) is 5.54. The van der Waals surface area contributed by atoms with Crippen molar-refractivity contribution in [2.24, 2.45) is 0 Å². The molecule has 1 N–H and O–H groups in total. The Labute approximate surface area is 165 Å². The molecular formula is C20H18F4N4O. The van der Waals surface area contributed by atoms with Crippen LogP contribution < -0.4 is 15.0 Å². The molecule has 0 aliphatic heterocycles. The molecule has 2 aromatic carbocycles. The summed E-state index contributed by atoms with van der Waals surface area (Å²) in [5.74, 6) is -0.180. The highest BCUT2D eigenvalue weighted by atomic mass is 19.4. The van der Waals surface area contributed by atoms with Gasteiger partial charge in [-0.05, 0) is 55.5 Å². The van der Waals surface area contributed by atoms with Gasteiger partial charge >= 0.3 is 6.18 Å². The summed E-state index contributed by atoms with van der Waals surface area (Å²) in [4.78, 5) is 9.46. The van der Waals surface area contributed by atoms with Crippen molar-refractivity contribution < 1.29 is 22.3 Å². The van der Waals surface area contributed by atoms with Gasteiger partial charge < -0.3 is 15.0 Å². The average molecular weight is 406 g/mol. The number of hydrogen-bond acceptors (Lipinski definition) is 5. The number of halogens is 4. The number of alkyl halides is 3. The molecule has 0 amide bonds. The number of rotatable bonds is 6. The second-order valence-electron chi connectivity index (χ2n) is 6.05. The summed E-state index contributed by atoms with van der Waals surface area (Å²) in [6, 6.07) is 11.9. The standard InChI is InChI=1S/C20H18F4N4O/c1-3-29-16-10-8-15(9-11-16)28(2)19-25-12-17(20(22,23)24)18(27-19)26-14-6-4-13(21)5-7-14/h4-12H,3H2,1-2H3,(H,25,26,27). The molecule has 152 valence electrons. The van der Waals surface area contributed by atoms with Crippen LogP contribution in [0.2, 0.25) is 0 Å². The van der Waals surface area contributed by atoms with Crippen LogP contribution in [0.4, 0.5) is 40.7 Å². The summed E-state index contributed by atoms with van der Waals surface area (Å²) in [6.07, 6.45) is -3.93. The number of hydrogen-bond donors (Lipinski definition) is 1. The van der Waals surface area contributed by atoms with Gasteiger partial charge in [-0.15, -0.1) is 0 Å². The molecule has 0 saturated heterocycles. The Kier molecular flexibility index (Phi) is 5.86. The van der Waals surface area contributed by atoms with Gasteiger partial charge in [0, 0.05) is 24.6 Å². The summed E-state index contributed by atoms with van der Waals surface area (Å²) in [6.45, 7) is 2.39. The van der Waals surface area contributed by atoms with Crippen molar-refractivity contribution >= 4 is 23.1 Å². The van der Waals surface area contributed by atoms with Crippen LogP contribution in [0, 0.1) is 5.82 Å². The third-order valence-electron chi connectivity index (χ3n) is 4.02. The van der Waals surface area contributed by atoms with Crippen molar-refractivity contribution in [1.82, 2.24) is 9.97 Å². The van der Waals surface area contributed by atoms with Gasteiger partial charge in [0.25, 0.3) is 0 Å². The van der Waals surface area contributed by atoms with E-state index in [1.165, 1.54) is 12.1 Å². The Balaban J connectivity index is 1.94. The van der Waals surface area contributed by atoms with Crippen LogP contribution in [-0.4, -0.2) is 23.6 Å². The molecule has 0 fully saturated rings. The van der Waals surface area contributed by atoms with E-state index in [2.05, 4.69) is 15.3 Å². The Morgan fingerprint density at radius 1 is 1.03 bits per heavy atom. The highest BCUT2D eigenvalue weighted by Crippen LogP contribution is 2.36. The molecule has 29 heavy (non-hydrogen) atoms. The molecule has 0 bridgehead atoms. The molecule has 0 spiro atoms. The first-order chi connectivity index (χ1) is 13.8. The molecule has 1 aromatic heterocycles. The lowest BCUT2D eigenvalue weighted by atomic mass is 10.2. The SMILES string of the molecule is CCOc1ccc(N(C)c2ncc(C(F)(F)F)c(Nc3ccc(F)cc3)n2)cc1. The smallest absolute Gasteiger partial charge is 0.421 e. The van der Waals surface area contributed by atoms with Gasteiger partial charge in [0.2, 0.25) is 5.95 Å². The third-order valence-corrected chi connectivity index (χ3v) is 4.02. The minimum Gasteiger partial charge on any atom is -0.494 e. The van der Waals surface area contributed by atoms with Crippen LogP contribution in [0.5, 0.6) is 5.75 Å². The second-order valence-corrected chi connectivity index (χ2v) is 6.05. The average Bonchev–Trinajstić information content (AvgIpc) is 2.69. The molecule has 0 unspecified atom stereocenters. The van der Waals surface area contributed by atoms with E-state index in [9.17, 15) is 17.6 Å². The van der Waals surface area contributed by atoms with E-state index in [0.29, 0.717) is 18.0 Å². The lowest BCUT2D eigenvalue weighted by Gasteiger charge is -2.20. The fourth-order valence-corrected chi connectivity index (χ4v) is 2.55. The number of aromatic nitrogens is 2. The summed E-state index contributed by atoms with van der Waals surface area (Å²) in [7, 11) is 1.64. The Hall–Kier alpha value is -3.36. The van der Waals surface area contributed by atoms with E-state index < -0.39 is 23.4 Å². The van der Waals surface area contributed by atoms with Crippen molar-refractivity contribution in [2.45, 2.75) is 13.1 Å². The van der Waals surface area contributed by atoms with Gasteiger partial charge in [-0.2, -0.15) is 18.2 Å². The van der Waals surface area contributed by atoms with Gasteiger partial charge in [0.1, 0.15) is 22.9 Å². The first kappa shape index (κ1) is 20.4. The summed E-state index contributed by atoms with van der Waals surface area (Å²) < 4.78 is 58.6. The van der Waals surface area contributed by atoms with Crippen molar-refractivity contribution in [2.75, 3.05) is 23.9 Å². The molecule has 3 aromatic rings. The van der Waals surface area contributed by atoms with Crippen LogP contribution in [0.3, 0.4) is 0 Å². The van der Waals surface area contributed by atoms with Crippen molar-refractivity contribution in [1.29, 1.82) is 0 Å². The fraction of sp³-hybridized carbons (Fsp3) is 0.200. The van der Waals surface area contributed by atoms with Gasteiger partial charge in [-0.1, -0.05) is 0 Å². The highest BCUT2D eigenvalue weighted by molar-refractivity contribution is 5.64. The van der Waals surface area contributed by atoms with E-state index in [1.807, 2.05) is 6.92 Å². The van der Waals surface area contributed by atoms with Gasteiger partial charge in [0.15, 0.2) is 0 Å². The third kappa shape index (κ3) is 4.92.